The van der Waals surface area contributed by atoms with Gasteiger partial charge in [-0.15, -0.1) is 11.3 Å². The molecule has 0 bridgehead atoms. The summed E-state index contributed by atoms with van der Waals surface area (Å²) >= 11 is 1.89. The van der Waals surface area contributed by atoms with E-state index in [1.165, 1.54) is 80.7 Å². The zero-order valence-electron chi connectivity index (χ0n) is 21.9. The highest BCUT2D eigenvalue weighted by molar-refractivity contribution is 7.26. The topological polar surface area (TPSA) is 9.86 Å². The lowest BCUT2D eigenvalue weighted by Gasteiger charge is -2.10. The minimum absolute atomic E-state index is 1.19. The van der Waals surface area contributed by atoms with E-state index in [0.29, 0.717) is 0 Å². The number of aryl methyl sites for hydroxylation is 1. The normalized spacial score (nSPS) is 12.1. The molecular weight excluding hydrogens is 504 g/mol. The van der Waals surface area contributed by atoms with E-state index in [2.05, 4.69) is 143 Å². The molecule has 0 saturated carbocycles. The first-order valence-electron chi connectivity index (χ1n) is 13.7. The van der Waals surface area contributed by atoms with Crippen molar-refractivity contribution < 1.29 is 0 Å². The second-order valence-electron chi connectivity index (χ2n) is 10.6. The van der Waals surface area contributed by atoms with Gasteiger partial charge in [0.15, 0.2) is 0 Å². The molecule has 0 amide bonds. The van der Waals surface area contributed by atoms with E-state index in [1.807, 2.05) is 11.3 Å². The molecule has 40 heavy (non-hydrogen) atoms. The summed E-state index contributed by atoms with van der Waals surface area (Å²) in [5.74, 6) is 0. The molecule has 0 radical (unpaired) electrons. The summed E-state index contributed by atoms with van der Waals surface area (Å²) in [6.45, 7) is 2.14. The molecule has 2 nitrogen and oxygen atoms in total. The van der Waals surface area contributed by atoms with Crippen molar-refractivity contribution in [2.45, 2.75) is 6.92 Å². The first-order valence-corrected chi connectivity index (χ1v) is 14.5. The third kappa shape index (κ3) is 2.87. The minimum Gasteiger partial charge on any atom is -0.309 e. The van der Waals surface area contributed by atoms with Crippen LogP contribution in [0.1, 0.15) is 5.56 Å². The fourth-order valence-corrected chi connectivity index (χ4v) is 7.86. The summed E-state index contributed by atoms with van der Waals surface area (Å²) in [5, 5.41) is 7.84. The van der Waals surface area contributed by atoms with Gasteiger partial charge in [0, 0.05) is 42.7 Å². The zero-order valence-corrected chi connectivity index (χ0v) is 22.7. The first kappa shape index (κ1) is 22.0. The van der Waals surface area contributed by atoms with E-state index in [1.54, 1.807) is 0 Å². The second kappa shape index (κ2) is 8.08. The summed E-state index contributed by atoms with van der Waals surface area (Å²) in [6.07, 6.45) is 0. The number of nitrogens with zero attached hydrogens (tertiary/aromatic N) is 2. The number of hydrogen-bond acceptors (Lipinski definition) is 1. The fraction of sp³-hybridized carbons (Fsp3) is 0.0270. The van der Waals surface area contributed by atoms with E-state index in [-0.39, 0.29) is 0 Å². The van der Waals surface area contributed by atoms with Crippen LogP contribution in [-0.4, -0.2) is 9.13 Å². The fourth-order valence-electron chi connectivity index (χ4n) is 6.66. The van der Waals surface area contributed by atoms with Crippen molar-refractivity contribution in [1.29, 1.82) is 0 Å². The van der Waals surface area contributed by atoms with Gasteiger partial charge in [0.25, 0.3) is 0 Å². The molecule has 0 unspecified atom stereocenters. The van der Waals surface area contributed by atoms with Gasteiger partial charge in [0.1, 0.15) is 0 Å². The molecule has 0 atom stereocenters. The van der Waals surface area contributed by atoms with Crippen LogP contribution in [0.3, 0.4) is 0 Å². The molecule has 0 fully saturated rings. The highest BCUT2D eigenvalue weighted by Crippen LogP contribution is 2.44. The van der Waals surface area contributed by atoms with Crippen LogP contribution in [0.5, 0.6) is 0 Å². The summed E-state index contributed by atoms with van der Waals surface area (Å²) in [4.78, 5) is 0. The number of para-hydroxylation sites is 2. The van der Waals surface area contributed by atoms with Crippen molar-refractivity contribution in [3.05, 3.63) is 133 Å². The maximum absolute atomic E-state index is 2.49. The first-order chi connectivity index (χ1) is 19.8. The van der Waals surface area contributed by atoms with Crippen molar-refractivity contribution in [2.75, 3.05) is 0 Å². The smallest absolute Gasteiger partial charge is 0.0640 e. The number of rotatable bonds is 2. The van der Waals surface area contributed by atoms with Crippen molar-refractivity contribution in [1.82, 2.24) is 9.13 Å². The quantitative estimate of drug-likeness (QED) is 0.211. The summed E-state index contributed by atoms with van der Waals surface area (Å²) in [6, 6.07) is 46.7. The SMILES string of the molecule is Cc1ccc(-n2c3ccccc3c3c4c5ccccc5n(-c5cccc6c5sc5ccccc56)c4ccc32)cc1. The van der Waals surface area contributed by atoms with Gasteiger partial charge in [-0.1, -0.05) is 84.4 Å². The molecule has 0 N–H and O–H groups in total. The van der Waals surface area contributed by atoms with E-state index in [0.717, 1.165) is 0 Å². The molecule has 3 aromatic heterocycles. The van der Waals surface area contributed by atoms with Crippen LogP contribution in [0.15, 0.2) is 127 Å². The van der Waals surface area contributed by atoms with Crippen molar-refractivity contribution in [3.8, 4) is 11.4 Å². The van der Waals surface area contributed by atoms with Crippen LogP contribution in [0.2, 0.25) is 0 Å². The Kier molecular flexibility index (Phi) is 4.44. The van der Waals surface area contributed by atoms with Gasteiger partial charge in [-0.2, -0.15) is 0 Å². The maximum atomic E-state index is 2.49. The molecule has 188 valence electrons. The standard InChI is InChI=1S/C37H24N2S/c1-23-17-19-24(20-18-23)38-29-13-5-2-10-27(29)35-31(38)21-22-32-36(35)28-11-3-6-14-30(28)39(32)33-15-8-12-26-25-9-4-7-16-34(25)40-37(26)33/h2-22H,1H3. The summed E-state index contributed by atoms with van der Waals surface area (Å²) in [7, 11) is 0. The monoisotopic (exact) mass is 528 g/mol. The Bertz CT molecular complexity index is 2430. The Morgan fingerprint density at radius 1 is 0.450 bits per heavy atom. The van der Waals surface area contributed by atoms with E-state index >= 15 is 0 Å². The Labute approximate surface area is 234 Å². The van der Waals surface area contributed by atoms with Gasteiger partial charge in [0.2, 0.25) is 0 Å². The lowest BCUT2D eigenvalue weighted by molar-refractivity contribution is 1.17. The number of thiophene rings is 1. The van der Waals surface area contributed by atoms with Crippen molar-refractivity contribution in [2.24, 2.45) is 0 Å². The minimum atomic E-state index is 1.19. The molecule has 6 aromatic carbocycles. The summed E-state index contributed by atoms with van der Waals surface area (Å²) < 4.78 is 7.56. The highest BCUT2D eigenvalue weighted by atomic mass is 32.1. The second-order valence-corrected chi connectivity index (χ2v) is 11.7. The molecule has 3 heterocycles. The third-order valence-corrected chi connectivity index (χ3v) is 9.60. The van der Waals surface area contributed by atoms with E-state index in [9.17, 15) is 0 Å². The number of aromatic nitrogens is 2. The molecule has 0 saturated heterocycles. The predicted molar refractivity (Wildman–Crippen MR) is 173 cm³/mol. The average Bonchev–Trinajstić information content (AvgIpc) is 3.65. The zero-order chi connectivity index (χ0) is 26.4. The number of fused-ring (bicyclic) bond motifs is 10. The Morgan fingerprint density at radius 2 is 1.02 bits per heavy atom. The van der Waals surface area contributed by atoms with Gasteiger partial charge in [-0.05, 0) is 55.5 Å². The lowest BCUT2D eigenvalue weighted by atomic mass is 10.1. The molecule has 9 aromatic rings. The third-order valence-electron chi connectivity index (χ3n) is 8.39. The highest BCUT2D eigenvalue weighted by Gasteiger charge is 2.21. The number of benzene rings is 6. The Hall–Kier alpha value is -4.86. The van der Waals surface area contributed by atoms with Crippen LogP contribution in [0.4, 0.5) is 0 Å². The van der Waals surface area contributed by atoms with Gasteiger partial charge < -0.3 is 9.13 Å². The largest absolute Gasteiger partial charge is 0.309 e. The van der Waals surface area contributed by atoms with E-state index in [4.69, 9.17) is 0 Å². The molecule has 0 aliphatic rings. The molecule has 0 aliphatic heterocycles. The molecule has 3 heteroatoms. The average molecular weight is 529 g/mol. The molecule has 0 aliphatic carbocycles. The predicted octanol–water partition coefficient (Wildman–Crippen LogP) is 10.6. The van der Waals surface area contributed by atoms with Crippen molar-refractivity contribution >= 4 is 75.1 Å². The van der Waals surface area contributed by atoms with Gasteiger partial charge in [-0.25, -0.2) is 0 Å². The van der Waals surface area contributed by atoms with Crippen molar-refractivity contribution in [3.63, 3.8) is 0 Å². The molecule has 0 spiro atoms. The molecule has 9 rings (SSSR count). The van der Waals surface area contributed by atoms with Crippen LogP contribution >= 0.6 is 11.3 Å². The number of hydrogen-bond donors (Lipinski definition) is 0. The van der Waals surface area contributed by atoms with Crippen LogP contribution in [0, 0.1) is 6.92 Å². The molecular formula is C37H24N2S. The summed E-state index contributed by atoms with van der Waals surface area (Å²) in [5.41, 5.74) is 8.65. The van der Waals surface area contributed by atoms with Crippen LogP contribution < -0.4 is 0 Å². The van der Waals surface area contributed by atoms with Crippen LogP contribution in [0.25, 0.3) is 75.2 Å². The van der Waals surface area contributed by atoms with Gasteiger partial charge >= 0.3 is 0 Å². The lowest BCUT2D eigenvalue weighted by Crippen LogP contribution is -1.95. The van der Waals surface area contributed by atoms with Gasteiger partial charge in [-0.3, -0.25) is 0 Å². The van der Waals surface area contributed by atoms with Crippen LogP contribution in [-0.2, 0) is 0 Å². The van der Waals surface area contributed by atoms with Gasteiger partial charge in [0.05, 0.1) is 32.5 Å². The van der Waals surface area contributed by atoms with E-state index < -0.39 is 0 Å². The Balaban J connectivity index is 1.47. The Morgan fingerprint density at radius 3 is 1.75 bits per heavy atom. The maximum Gasteiger partial charge on any atom is 0.0640 e.